The first kappa shape index (κ1) is 14.6. The maximum absolute atomic E-state index is 12.7. The predicted octanol–water partition coefficient (Wildman–Crippen LogP) is 3.93. The molecule has 3 nitrogen and oxygen atoms in total. The molecule has 0 aromatic heterocycles. The van der Waals surface area contributed by atoms with Gasteiger partial charge in [-0.2, -0.15) is 5.26 Å². The normalized spacial score (nSPS) is 26.5. The molecule has 0 saturated heterocycles. The Morgan fingerprint density at radius 1 is 1.36 bits per heavy atom. The van der Waals surface area contributed by atoms with Gasteiger partial charge in [-0.05, 0) is 31.2 Å². The molecule has 0 bridgehead atoms. The summed E-state index contributed by atoms with van der Waals surface area (Å²) < 4.78 is 5.49. The van der Waals surface area contributed by atoms with Crippen LogP contribution in [0.5, 0.6) is 0 Å². The van der Waals surface area contributed by atoms with Gasteiger partial charge in [0.25, 0.3) is 0 Å². The van der Waals surface area contributed by atoms with E-state index in [-0.39, 0.29) is 18.5 Å². The highest BCUT2D eigenvalue weighted by molar-refractivity contribution is 5.82. The van der Waals surface area contributed by atoms with E-state index in [0.717, 1.165) is 24.8 Å². The minimum Gasteiger partial charge on any atom is -0.460 e. The van der Waals surface area contributed by atoms with Gasteiger partial charge in [0.15, 0.2) is 5.41 Å². The van der Waals surface area contributed by atoms with Gasteiger partial charge in [-0.25, -0.2) is 0 Å². The topological polar surface area (TPSA) is 50.1 Å². The zero-order valence-electron chi connectivity index (χ0n) is 12.5. The van der Waals surface area contributed by atoms with Crippen molar-refractivity contribution in [3.8, 4) is 6.07 Å². The number of hydrogen-bond donors (Lipinski definition) is 0. The van der Waals surface area contributed by atoms with E-state index in [1.165, 1.54) is 5.57 Å². The number of carbonyl (C=O) groups is 1. The third-order valence-corrected chi connectivity index (χ3v) is 4.59. The molecule has 112 valence electrons. The largest absolute Gasteiger partial charge is 0.460 e. The smallest absolute Gasteiger partial charge is 0.327 e. The molecule has 2 aliphatic rings. The zero-order chi connectivity index (χ0) is 15.4. The first-order valence-electron chi connectivity index (χ1n) is 7.74. The first-order chi connectivity index (χ1) is 10.8. The lowest BCUT2D eigenvalue weighted by atomic mass is 9.63. The lowest BCUT2D eigenvalue weighted by Gasteiger charge is -2.38. The second-order valence-corrected chi connectivity index (χ2v) is 5.92. The second kappa shape index (κ2) is 6.19. The minimum absolute atomic E-state index is 0.122. The molecule has 2 atom stereocenters. The zero-order valence-corrected chi connectivity index (χ0v) is 12.5. The molecular weight excluding hydrogens is 274 g/mol. The molecule has 1 aromatic rings. The van der Waals surface area contributed by atoms with Crippen molar-refractivity contribution in [3.05, 3.63) is 59.7 Å². The van der Waals surface area contributed by atoms with Gasteiger partial charge in [-0.3, -0.25) is 4.79 Å². The SMILES string of the molecule is N#C[C@]1(C(=O)OCc2ccccc2)CCCC2=CCC=C[C@@H]21. The molecule has 0 N–H and O–H groups in total. The fourth-order valence-corrected chi connectivity index (χ4v) is 3.40. The van der Waals surface area contributed by atoms with E-state index in [0.29, 0.717) is 6.42 Å². The van der Waals surface area contributed by atoms with Crippen molar-refractivity contribution >= 4 is 5.97 Å². The highest BCUT2D eigenvalue weighted by Crippen LogP contribution is 2.47. The van der Waals surface area contributed by atoms with Crippen LogP contribution in [0, 0.1) is 22.7 Å². The van der Waals surface area contributed by atoms with Crippen LogP contribution in [0.2, 0.25) is 0 Å². The molecule has 0 radical (unpaired) electrons. The Morgan fingerprint density at radius 2 is 2.18 bits per heavy atom. The van der Waals surface area contributed by atoms with Crippen LogP contribution >= 0.6 is 0 Å². The van der Waals surface area contributed by atoms with E-state index in [9.17, 15) is 10.1 Å². The first-order valence-corrected chi connectivity index (χ1v) is 7.74. The number of carbonyl (C=O) groups excluding carboxylic acids is 1. The number of nitrogens with zero attached hydrogens (tertiary/aromatic N) is 1. The summed E-state index contributed by atoms with van der Waals surface area (Å²) in [5, 5.41) is 9.74. The molecule has 22 heavy (non-hydrogen) atoms. The summed E-state index contributed by atoms with van der Waals surface area (Å²) in [5.41, 5.74) is 1.09. The van der Waals surface area contributed by atoms with E-state index in [4.69, 9.17) is 4.74 Å². The maximum atomic E-state index is 12.7. The molecule has 0 spiro atoms. The molecule has 3 heteroatoms. The van der Waals surface area contributed by atoms with Gasteiger partial charge in [0.1, 0.15) is 6.61 Å². The number of allylic oxidation sites excluding steroid dienone is 4. The number of nitriles is 1. The lowest BCUT2D eigenvalue weighted by molar-refractivity contribution is -0.156. The van der Waals surface area contributed by atoms with Crippen molar-refractivity contribution < 1.29 is 9.53 Å². The summed E-state index contributed by atoms with van der Waals surface area (Å²) in [6, 6.07) is 11.9. The fraction of sp³-hybridized carbons (Fsp3) is 0.368. The Balaban J connectivity index is 1.79. The Kier molecular flexibility index (Phi) is 4.11. The third kappa shape index (κ3) is 2.57. The van der Waals surface area contributed by atoms with Crippen molar-refractivity contribution in [2.75, 3.05) is 0 Å². The lowest BCUT2D eigenvalue weighted by Crippen LogP contribution is -2.42. The molecule has 0 aliphatic heterocycles. The monoisotopic (exact) mass is 293 g/mol. The average Bonchev–Trinajstić information content (AvgIpc) is 2.60. The van der Waals surface area contributed by atoms with Crippen LogP contribution in [0.3, 0.4) is 0 Å². The van der Waals surface area contributed by atoms with Crippen LogP contribution in [0.4, 0.5) is 0 Å². The molecule has 0 heterocycles. The van der Waals surface area contributed by atoms with Crippen molar-refractivity contribution in [1.82, 2.24) is 0 Å². The van der Waals surface area contributed by atoms with Crippen LogP contribution in [0.15, 0.2) is 54.1 Å². The summed E-state index contributed by atoms with van der Waals surface area (Å²) in [4.78, 5) is 12.7. The number of fused-ring (bicyclic) bond motifs is 1. The van der Waals surface area contributed by atoms with Crippen LogP contribution in [0.1, 0.15) is 31.2 Å². The maximum Gasteiger partial charge on any atom is 0.327 e. The molecular formula is C19H19NO2. The summed E-state index contributed by atoms with van der Waals surface area (Å²) in [6.07, 6.45) is 9.52. The van der Waals surface area contributed by atoms with E-state index in [2.05, 4.69) is 12.1 Å². The second-order valence-electron chi connectivity index (χ2n) is 5.92. The van der Waals surface area contributed by atoms with Crippen molar-refractivity contribution in [1.29, 1.82) is 5.26 Å². The Hall–Kier alpha value is -2.34. The number of rotatable bonds is 3. The average molecular weight is 293 g/mol. The van der Waals surface area contributed by atoms with Gasteiger partial charge in [0.2, 0.25) is 0 Å². The molecule has 1 fully saturated rings. The van der Waals surface area contributed by atoms with E-state index in [1.54, 1.807) is 0 Å². The predicted molar refractivity (Wildman–Crippen MR) is 83.5 cm³/mol. The van der Waals surface area contributed by atoms with Gasteiger partial charge in [0, 0.05) is 5.92 Å². The van der Waals surface area contributed by atoms with E-state index >= 15 is 0 Å². The third-order valence-electron chi connectivity index (χ3n) is 4.59. The van der Waals surface area contributed by atoms with Crippen molar-refractivity contribution in [3.63, 3.8) is 0 Å². The summed E-state index contributed by atoms with van der Waals surface area (Å²) in [7, 11) is 0. The highest BCUT2D eigenvalue weighted by Gasteiger charge is 2.50. The molecule has 2 aliphatic carbocycles. The van der Waals surface area contributed by atoms with Gasteiger partial charge in [-0.15, -0.1) is 0 Å². The number of ether oxygens (including phenoxy) is 1. The van der Waals surface area contributed by atoms with Gasteiger partial charge in [-0.1, -0.05) is 54.1 Å². The fourth-order valence-electron chi connectivity index (χ4n) is 3.40. The molecule has 1 saturated carbocycles. The van der Waals surface area contributed by atoms with Gasteiger partial charge >= 0.3 is 5.97 Å². The highest BCUT2D eigenvalue weighted by atomic mass is 16.5. The summed E-state index contributed by atoms with van der Waals surface area (Å²) >= 11 is 0. The van der Waals surface area contributed by atoms with Crippen molar-refractivity contribution in [2.24, 2.45) is 11.3 Å². The number of hydrogen-bond acceptors (Lipinski definition) is 3. The molecule has 1 aromatic carbocycles. The van der Waals surface area contributed by atoms with Crippen LogP contribution < -0.4 is 0 Å². The van der Waals surface area contributed by atoms with E-state index in [1.807, 2.05) is 42.5 Å². The van der Waals surface area contributed by atoms with E-state index < -0.39 is 5.41 Å². The minimum atomic E-state index is -1.06. The van der Waals surface area contributed by atoms with Crippen molar-refractivity contribution in [2.45, 2.75) is 32.3 Å². The Labute approximate surface area is 130 Å². The van der Waals surface area contributed by atoms with Gasteiger partial charge < -0.3 is 4.74 Å². The summed E-state index contributed by atoms with van der Waals surface area (Å²) in [6.45, 7) is 0.221. The van der Waals surface area contributed by atoms with Gasteiger partial charge in [0.05, 0.1) is 6.07 Å². The standard InChI is InChI=1S/C19H19NO2/c20-14-19(12-6-10-16-9-4-5-11-17(16)19)18(21)22-13-15-7-2-1-3-8-15/h1-3,5,7-9,11,17H,4,6,10,12-13H2/t17-,19+/m0/s1. The number of benzene rings is 1. The molecule has 3 rings (SSSR count). The Bertz CT molecular complexity index is 654. The molecule has 0 unspecified atom stereocenters. The van der Waals surface area contributed by atoms with Crippen LogP contribution in [-0.2, 0) is 16.1 Å². The Morgan fingerprint density at radius 3 is 2.95 bits per heavy atom. The van der Waals surface area contributed by atoms with Crippen LogP contribution in [0.25, 0.3) is 0 Å². The van der Waals surface area contributed by atoms with Crippen LogP contribution in [-0.4, -0.2) is 5.97 Å². The quantitative estimate of drug-likeness (QED) is 0.627. The molecule has 0 amide bonds. The summed E-state index contributed by atoms with van der Waals surface area (Å²) in [5.74, 6) is -0.510. The number of esters is 1.